The molecule has 8 nitrogen and oxygen atoms in total. The molecule has 0 saturated heterocycles. The molecule has 8 heteroatoms. The number of methoxy groups -OCH3 is 2. The highest BCUT2D eigenvalue weighted by molar-refractivity contribution is 5.75. The Bertz CT molecular complexity index is 1170. The Morgan fingerprint density at radius 2 is 1.94 bits per heavy atom. The Balaban J connectivity index is 1.46. The van der Waals surface area contributed by atoms with Crippen LogP contribution in [0.3, 0.4) is 0 Å². The molecule has 0 radical (unpaired) electrons. The summed E-state index contributed by atoms with van der Waals surface area (Å²) in [6.07, 6.45) is 0.662. The molecule has 0 fully saturated rings. The zero-order valence-corrected chi connectivity index (χ0v) is 18.0. The van der Waals surface area contributed by atoms with Crippen molar-refractivity contribution in [1.29, 1.82) is 0 Å². The van der Waals surface area contributed by atoms with Gasteiger partial charge in [-0.15, -0.1) is 0 Å². The average molecular weight is 435 g/mol. The molecule has 3 aromatic rings. The van der Waals surface area contributed by atoms with Gasteiger partial charge in [0.1, 0.15) is 12.6 Å². The number of carbonyl (C=O) groups excluding carboxylic acids is 1. The second-order valence-corrected chi connectivity index (χ2v) is 7.40. The van der Waals surface area contributed by atoms with E-state index >= 15 is 0 Å². The minimum atomic E-state index is -0.358. The Morgan fingerprint density at radius 3 is 2.75 bits per heavy atom. The fourth-order valence-electron chi connectivity index (χ4n) is 3.76. The quantitative estimate of drug-likeness (QED) is 0.613. The lowest BCUT2D eigenvalue weighted by molar-refractivity contribution is -0.122. The van der Waals surface area contributed by atoms with E-state index in [0.717, 1.165) is 22.2 Å². The Labute approximate surface area is 185 Å². The van der Waals surface area contributed by atoms with E-state index in [1.54, 1.807) is 32.4 Å². The second kappa shape index (κ2) is 9.65. The average Bonchev–Trinajstić information content (AvgIpc) is 2.83. The SMILES string of the molecule is COc1ccc(-c2ccc(=O)n(CC(=O)NC[C@H]3OCCc4ccccc43)n2)cc1OC. The van der Waals surface area contributed by atoms with Crippen LogP contribution in [0.4, 0.5) is 0 Å². The number of aromatic nitrogens is 2. The number of rotatable bonds is 7. The molecule has 1 atom stereocenters. The molecule has 1 aliphatic rings. The fourth-order valence-corrected chi connectivity index (χ4v) is 3.76. The summed E-state index contributed by atoms with van der Waals surface area (Å²) in [4.78, 5) is 24.8. The Morgan fingerprint density at radius 1 is 1.12 bits per heavy atom. The highest BCUT2D eigenvalue weighted by Gasteiger charge is 2.21. The van der Waals surface area contributed by atoms with Gasteiger partial charge in [-0.05, 0) is 41.8 Å². The first-order valence-corrected chi connectivity index (χ1v) is 10.4. The fraction of sp³-hybridized carbons (Fsp3) is 0.292. The second-order valence-electron chi connectivity index (χ2n) is 7.40. The number of hydrogen-bond acceptors (Lipinski definition) is 6. The lowest BCUT2D eigenvalue weighted by Gasteiger charge is -2.26. The molecule has 1 aliphatic heterocycles. The van der Waals surface area contributed by atoms with Gasteiger partial charge in [-0.2, -0.15) is 5.10 Å². The molecule has 2 aromatic carbocycles. The van der Waals surface area contributed by atoms with Crippen molar-refractivity contribution < 1.29 is 19.0 Å². The Hall–Kier alpha value is -3.65. The number of amides is 1. The van der Waals surface area contributed by atoms with Gasteiger partial charge in [0.2, 0.25) is 5.91 Å². The van der Waals surface area contributed by atoms with E-state index in [-0.39, 0.29) is 24.1 Å². The summed E-state index contributed by atoms with van der Waals surface area (Å²) >= 11 is 0. The summed E-state index contributed by atoms with van der Waals surface area (Å²) in [6, 6.07) is 16.4. The molecular weight excluding hydrogens is 410 g/mol. The third-order valence-corrected chi connectivity index (χ3v) is 5.42. The molecule has 0 unspecified atom stereocenters. The maximum absolute atomic E-state index is 12.5. The summed E-state index contributed by atoms with van der Waals surface area (Å²) in [5.74, 6) is 0.834. The topological polar surface area (TPSA) is 91.7 Å². The van der Waals surface area contributed by atoms with Crippen molar-refractivity contribution >= 4 is 5.91 Å². The van der Waals surface area contributed by atoms with Gasteiger partial charge >= 0.3 is 0 Å². The molecule has 166 valence electrons. The normalized spacial score (nSPS) is 15.0. The van der Waals surface area contributed by atoms with E-state index in [0.29, 0.717) is 30.3 Å². The van der Waals surface area contributed by atoms with Crippen LogP contribution in [0.2, 0.25) is 0 Å². The first-order valence-electron chi connectivity index (χ1n) is 10.4. The van der Waals surface area contributed by atoms with E-state index in [1.807, 2.05) is 24.3 Å². The molecule has 2 heterocycles. The zero-order chi connectivity index (χ0) is 22.5. The largest absolute Gasteiger partial charge is 0.493 e. The van der Waals surface area contributed by atoms with E-state index in [2.05, 4.69) is 16.5 Å². The first-order chi connectivity index (χ1) is 15.6. The number of hydrogen-bond donors (Lipinski definition) is 1. The molecule has 32 heavy (non-hydrogen) atoms. The molecule has 0 saturated carbocycles. The van der Waals surface area contributed by atoms with Gasteiger partial charge in [-0.1, -0.05) is 24.3 Å². The lowest BCUT2D eigenvalue weighted by atomic mass is 9.97. The highest BCUT2D eigenvalue weighted by Crippen LogP contribution is 2.31. The van der Waals surface area contributed by atoms with Crippen LogP contribution in [0, 0.1) is 0 Å². The van der Waals surface area contributed by atoms with Crippen LogP contribution in [0.1, 0.15) is 17.2 Å². The van der Waals surface area contributed by atoms with Gasteiger partial charge in [-0.25, -0.2) is 4.68 Å². The maximum Gasteiger partial charge on any atom is 0.267 e. The molecule has 1 amide bonds. The van der Waals surface area contributed by atoms with Crippen LogP contribution >= 0.6 is 0 Å². The van der Waals surface area contributed by atoms with Crippen molar-refractivity contribution in [3.05, 3.63) is 76.1 Å². The van der Waals surface area contributed by atoms with Crippen LogP contribution in [0.25, 0.3) is 11.3 Å². The monoisotopic (exact) mass is 435 g/mol. The number of ether oxygens (including phenoxy) is 3. The molecule has 4 rings (SSSR count). The van der Waals surface area contributed by atoms with Crippen LogP contribution in [0.5, 0.6) is 11.5 Å². The van der Waals surface area contributed by atoms with Gasteiger partial charge in [0.05, 0.1) is 26.5 Å². The van der Waals surface area contributed by atoms with Crippen molar-refractivity contribution in [1.82, 2.24) is 15.1 Å². The summed E-state index contributed by atoms with van der Waals surface area (Å²) in [6.45, 7) is 0.764. The summed E-state index contributed by atoms with van der Waals surface area (Å²) < 4.78 is 17.6. The van der Waals surface area contributed by atoms with Crippen molar-refractivity contribution in [3.63, 3.8) is 0 Å². The number of nitrogens with one attached hydrogen (secondary N) is 1. The molecule has 0 bridgehead atoms. The minimum absolute atomic E-state index is 0.186. The summed E-state index contributed by atoms with van der Waals surface area (Å²) in [5, 5.41) is 7.22. The maximum atomic E-state index is 12.5. The van der Waals surface area contributed by atoms with Crippen molar-refractivity contribution in [3.8, 4) is 22.8 Å². The summed E-state index contributed by atoms with van der Waals surface area (Å²) in [5.41, 5.74) is 3.25. The van der Waals surface area contributed by atoms with Crippen LogP contribution in [-0.2, 0) is 22.5 Å². The molecule has 0 aliphatic carbocycles. The third kappa shape index (κ3) is 4.65. The van der Waals surface area contributed by atoms with E-state index in [1.165, 1.54) is 11.6 Å². The number of nitrogens with zero attached hydrogens (tertiary/aromatic N) is 2. The first kappa shape index (κ1) is 21.6. The number of carbonyl (C=O) groups is 1. The van der Waals surface area contributed by atoms with E-state index in [4.69, 9.17) is 14.2 Å². The van der Waals surface area contributed by atoms with Gasteiger partial charge in [0.25, 0.3) is 5.56 Å². The standard InChI is InChI=1S/C24H25N3O5/c1-30-20-9-7-17(13-21(20)31-2)19-8-10-24(29)27(26-19)15-23(28)25-14-22-18-6-4-3-5-16(18)11-12-32-22/h3-10,13,22H,11-12,14-15H2,1-2H3,(H,25,28)/t22-/m1/s1. The molecule has 1 aromatic heterocycles. The number of fused-ring (bicyclic) bond motifs is 1. The summed E-state index contributed by atoms with van der Waals surface area (Å²) in [7, 11) is 3.11. The highest BCUT2D eigenvalue weighted by atomic mass is 16.5. The molecule has 0 spiro atoms. The lowest BCUT2D eigenvalue weighted by Crippen LogP contribution is -2.36. The van der Waals surface area contributed by atoms with E-state index in [9.17, 15) is 9.59 Å². The van der Waals surface area contributed by atoms with Crippen LogP contribution in [0.15, 0.2) is 59.4 Å². The van der Waals surface area contributed by atoms with Gasteiger partial charge in [0.15, 0.2) is 11.5 Å². The van der Waals surface area contributed by atoms with Crippen molar-refractivity contribution in [2.45, 2.75) is 19.1 Å². The predicted molar refractivity (Wildman–Crippen MR) is 119 cm³/mol. The Kier molecular flexibility index (Phi) is 6.51. The minimum Gasteiger partial charge on any atom is -0.493 e. The van der Waals surface area contributed by atoms with Crippen LogP contribution in [-0.4, -0.2) is 43.1 Å². The van der Waals surface area contributed by atoms with Crippen molar-refractivity contribution in [2.75, 3.05) is 27.4 Å². The van der Waals surface area contributed by atoms with Crippen molar-refractivity contribution in [2.24, 2.45) is 0 Å². The van der Waals surface area contributed by atoms with Gasteiger partial charge in [-0.3, -0.25) is 9.59 Å². The smallest absolute Gasteiger partial charge is 0.267 e. The molecular formula is C24H25N3O5. The third-order valence-electron chi connectivity index (χ3n) is 5.42. The zero-order valence-electron chi connectivity index (χ0n) is 18.0. The van der Waals surface area contributed by atoms with E-state index < -0.39 is 0 Å². The van der Waals surface area contributed by atoms with Gasteiger partial charge < -0.3 is 19.5 Å². The number of benzene rings is 2. The predicted octanol–water partition coefficient (Wildman–Crippen LogP) is 2.36. The van der Waals surface area contributed by atoms with Crippen LogP contribution < -0.4 is 20.3 Å². The van der Waals surface area contributed by atoms with Gasteiger partial charge in [0, 0.05) is 18.2 Å². The molecule has 1 N–H and O–H groups in total.